The van der Waals surface area contributed by atoms with Crippen molar-refractivity contribution in [1.82, 2.24) is 20.2 Å². The number of aromatic nitrogens is 2. The van der Waals surface area contributed by atoms with E-state index >= 15 is 0 Å². The minimum absolute atomic E-state index is 0.0707. The highest BCUT2D eigenvalue weighted by atomic mass is 16.5. The number of nitrogens with one attached hydrogen (secondary N) is 4. The van der Waals surface area contributed by atoms with Crippen LogP contribution in [-0.2, 0) is 34.0 Å². The number of benzene rings is 5. The number of rotatable bonds is 13. The minimum Gasteiger partial charge on any atom is -0.457 e. The van der Waals surface area contributed by atoms with Gasteiger partial charge in [0.15, 0.2) is 5.82 Å². The van der Waals surface area contributed by atoms with E-state index in [4.69, 9.17) is 20.6 Å². The van der Waals surface area contributed by atoms with Gasteiger partial charge in [0.2, 0.25) is 5.91 Å². The van der Waals surface area contributed by atoms with Gasteiger partial charge in [-0.15, -0.1) is 0 Å². The number of amides is 2. The van der Waals surface area contributed by atoms with Crippen LogP contribution < -0.4 is 27.2 Å². The first kappa shape index (κ1) is 38.3. The number of nitrogens with zero attached hydrogens (tertiary/aromatic N) is 2. The molecule has 13 heteroatoms. The first-order valence-corrected chi connectivity index (χ1v) is 19.2. The first-order valence-electron chi connectivity index (χ1n) is 19.2. The Kier molecular flexibility index (Phi) is 11.0. The van der Waals surface area contributed by atoms with E-state index in [2.05, 4.69) is 33.1 Å². The van der Waals surface area contributed by atoms with Crippen LogP contribution in [0, 0.1) is 5.41 Å². The maximum Gasteiger partial charge on any atom is 0.412 e. The van der Waals surface area contributed by atoms with Gasteiger partial charge >= 0.3 is 12.1 Å². The number of amidine groups is 1. The molecule has 5 aromatic carbocycles. The van der Waals surface area contributed by atoms with Crippen LogP contribution in [0.2, 0.25) is 0 Å². The highest BCUT2D eigenvalue weighted by Crippen LogP contribution is 2.44. The number of fused-ring (bicyclic) bond motifs is 3. The molecule has 2 aliphatic carbocycles. The molecule has 8 rings (SSSR count). The molecule has 13 nitrogen and oxygen atoms in total. The van der Waals surface area contributed by atoms with Crippen LogP contribution in [0.4, 0.5) is 16.3 Å². The smallest absolute Gasteiger partial charge is 0.412 e. The van der Waals surface area contributed by atoms with Gasteiger partial charge in [-0.3, -0.25) is 24.9 Å². The van der Waals surface area contributed by atoms with Crippen molar-refractivity contribution in [3.05, 3.63) is 171 Å². The Morgan fingerprint density at radius 1 is 0.797 bits per heavy atom. The molecule has 0 saturated heterocycles. The lowest BCUT2D eigenvalue weighted by molar-refractivity contribution is -0.121. The molecule has 0 bridgehead atoms. The number of esters is 1. The van der Waals surface area contributed by atoms with Gasteiger partial charge in [0.05, 0.1) is 17.5 Å². The molecule has 59 heavy (non-hydrogen) atoms. The molecule has 1 fully saturated rings. The SMILES string of the molecule is N=C(NC(=O)OCC1c2ccccc2-c2ccccc21)c1ccc(CNC(=O)Cn2c(-c3cc(N)cc(C(=O)OCc4ccccc4)c3)cnc(NC3CC3)c2=O)cc1. The Morgan fingerprint density at radius 3 is 2.17 bits per heavy atom. The van der Waals surface area contributed by atoms with Crippen LogP contribution in [0.3, 0.4) is 0 Å². The number of carbonyl (C=O) groups excluding carboxylic acids is 3. The third-order valence-electron chi connectivity index (χ3n) is 10.3. The van der Waals surface area contributed by atoms with Crippen LogP contribution in [0.15, 0.2) is 132 Å². The monoisotopic (exact) mass is 787 g/mol. The largest absolute Gasteiger partial charge is 0.457 e. The average Bonchev–Trinajstić information content (AvgIpc) is 4.02. The quantitative estimate of drug-likeness (QED) is 0.0371. The number of hydrogen-bond acceptors (Lipinski definition) is 10. The number of nitrogen functional groups attached to an aromatic ring is 1. The second-order valence-electron chi connectivity index (χ2n) is 14.5. The summed E-state index contributed by atoms with van der Waals surface area (Å²) in [6.07, 6.45) is 2.58. The molecular formula is C46H41N7O6. The molecule has 0 unspecified atom stereocenters. The van der Waals surface area contributed by atoms with E-state index in [1.165, 1.54) is 16.8 Å². The van der Waals surface area contributed by atoms with Crippen molar-refractivity contribution in [2.75, 3.05) is 17.7 Å². The van der Waals surface area contributed by atoms with Gasteiger partial charge in [-0.05, 0) is 64.4 Å². The molecule has 0 radical (unpaired) electrons. The second kappa shape index (κ2) is 16.9. The minimum atomic E-state index is -0.730. The fourth-order valence-corrected chi connectivity index (χ4v) is 7.12. The third kappa shape index (κ3) is 8.89. The van der Waals surface area contributed by atoms with Gasteiger partial charge in [0, 0.05) is 35.3 Å². The lowest BCUT2D eigenvalue weighted by Crippen LogP contribution is -2.34. The van der Waals surface area contributed by atoms with Gasteiger partial charge in [0.1, 0.15) is 25.6 Å². The Morgan fingerprint density at radius 2 is 1.47 bits per heavy atom. The standard InChI is InChI=1S/C46H41N7O6/c47-33-21-31(20-32(22-33)45(56)58-26-29-8-2-1-3-9-29)40-24-50-43(51-34-18-19-34)44(55)53(40)25-41(54)49-23-28-14-16-30(17-15-28)42(48)52-46(57)59-27-39-37-12-6-4-10-35(37)36-11-5-7-13-38(36)39/h1-17,20-22,24,34,39H,18-19,23,25-27,47H2,(H,49,54)(H,50,51)(H2,48,52,57). The summed E-state index contributed by atoms with van der Waals surface area (Å²) in [5.41, 5.74) is 13.3. The highest BCUT2D eigenvalue weighted by Gasteiger charge is 2.29. The maximum atomic E-state index is 13.8. The summed E-state index contributed by atoms with van der Waals surface area (Å²) in [4.78, 5) is 57.4. The van der Waals surface area contributed by atoms with E-state index in [0.717, 1.165) is 46.2 Å². The Bertz CT molecular complexity index is 2580. The molecule has 1 aromatic heterocycles. The molecule has 0 spiro atoms. The Hall–Kier alpha value is -7.54. The molecule has 6 N–H and O–H groups in total. The van der Waals surface area contributed by atoms with Crippen LogP contribution in [0.5, 0.6) is 0 Å². The van der Waals surface area contributed by atoms with Crippen LogP contribution in [0.25, 0.3) is 22.4 Å². The zero-order valence-corrected chi connectivity index (χ0v) is 31.9. The maximum absolute atomic E-state index is 13.8. The molecular weight excluding hydrogens is 747 g/mol. The summed E-state index contributed by atoms with van der Waals surface area (Å²) in [7, 11) is 0. The van der Waals surface area contributed by atoms with Gasteiger partial charge in [-0.25, -0.2) is 14.6 Å². The van der Waals surface area contributed by atoms with E-state index in [9.17, 15) is 19.2 Å². The lowest BCUT2D eigenvalue weighted by Gasteiger charge is -2.16. The van der Waals surface area contributed by atoms with Gasteiger partial charge in [-0.1, -0.05) is 103 Å². The summed E-state index contributed by atoms with van der Waals surface area (Å²) < 4.78 is 12.4. The Labute approximate surface area is 339 Å². The lowest BCUT2D eigenvalue weighted by atomic mass is 9.98. The molecule has 6 aromatic rings. The normalized spacial score (nSPS) is 12.8. The molecule has 1 saturated carbocycles. The highest BCUT2D eigenvalue weighted by molar-refractivity contribution is 6.04. The number of anilines is 2. The van der Waals surface area contributed by atoms with Crippen molar-refractivity contribution < 1.29 is 23.9 Å². The summed E-state index contributed by atoms with van der Waals surface area (Å²) >= 11 is 0. The van der Waals surface area contributed by atoms with Crippen LogP contribution in [-0.4, -0.2) is 46.0 Å². The van der Waals surface area contributed by atoms with Gasteiger partial charge in [-0.2, -0.15) is 0 Å². The molecule has 0 atom stereocenters. The van der Waals surface area contributed by atoms with E-state index in [1.807, 2.05) is 66.7 Å². The van der Waals surface area contributed by atoms with E-state index in [0.29, 0.717) is 16.8 Å². The van der Waals surface area contributed by atoms with Crippen LogP contribution in [0.1, 0.15) is 56.9 Å². The number of nitrogens with two attached hydrogens (primary N) is 1. The molecule has 296 valence electrons. The molecule has 2 amide bonds. The van der Waals surface area contributed by atoms with Gasteiger partial charge < -0.3 is 25.8 Å². The summed E-state index contributed by atoms with van der Waals surface area (Å²) in [5, 5.41) is 17.0. The van der Waals surface area contributed by atoms with E-state index < -0.39 is 23.5 Å². The van der Waals surface area contributed by atoms with Crippen molar-refractivity contribution in [2.45, 2.75) is 44.5 Å². The number of hydrogen-bond donors (Lipinski definition) is 5. The molecule has 1 heterocycles. The average molecular weight is 788 g/mol. The fourth-order valence-electron chi connectivity index (χ4n) is 7.12. The second-order valence-corrected chi connectivity index (χ2v) is 14.5. The number of carbonyl (C=O) groups is 3. The molecule has 2 aliphatic rings. The summed E-state index contributed by atoms with van der Waals surface area (Å²) in [5.74, 6) is -1.15. The van der Waals surface area contributed by atoms with Crippen molar-refractivity contribution in [2.24, 2.45) is 0 Å². The zero-order chi connectivity index (χ0) is 40.9. The number of ether oxygens (including phenoxy) is 2. The predicted molar refractivity (Wildman–Crippen MR) is 224 cm³/mol. The van der Waals surface area contributed by atoms with E-state index in [-0.39, 0.29) is 61.2 Å². The molecule has 0 aliphatic heterocycles. The third-order valence-corrected chi connectivity index (χ3v) is 10.3. The fraction of sp³-hybridized carbons (Fsp3) is 0.174. The number of alkyl carbamates (subject to hydrolysis) is 1. The van der Waals surface area contributed by atoms with Crippen molar-refractivity contribution in [3.63, 3.8) is 0 Å². The van der Waals surface area contributed by atoms with Gasteiger partial charge in [0.25, 0.3) is 5.56 Å². The Balaban J connectivity index is 0.894. The summed E-state index contributed by atoms with van der Waals surface area (Å²) in [6, 6.07) is 37.0. The van der Waals surface area contributed by atoms with Crippen LogP contribution >= 0.6 is 0 Å². The van der Waals surface area contributed by atoms with Crippen molar-refractivity contribution in [1.29, 1.82) is 5.41 Å². The van der Waals surface area contributed by atoms with E-state index in [1.54, 1.807) is 36.4 Å². The predicted octanol–water partition coefficient (Wildman–Crippen LogP) is 6.60. The van der Waals surface area contributed by atoms with Crippen molar-refractivity contribution >= 4 is 35.3 Å². The zero-order valence-electron chi connectivity index (χ0n) is 31.9. The topological polar surface area (TPSA) is 191 Å². The first-order chi connectivity index (χ1) is 28.7. The van der Waals surface area contributed by atoms with Crippen molar-refractivity contribution in [3.8, 4) is 22.4 Å². The summed E-state index contributed by atoms with van der Waals surface area (Å²) in [6.45, 7) is -0.0155.